The Morgan fingerprint density at radius 2 is 0.910 bits per heavy atom. The van der Waals surface area contributed by atoms with E-state index in [1.165, 1.54) is 36.0 Å². The third kappa shape index (κ3) is 14.9. The van der Waals surface area contributed by atoms with E-state index >= 15 is 0 Å². The van der Waals surface area contributed by atoms with Gasteiger partial charge in [0.05, 0.1) is 57.1 Å². The lowest BCUT2D eigenvalue weighted by Crippen LogP contribution is -2.19. The number of hydrogen-bond acceptors (Lipinski definition) is 19. The fraction of sp³-hybridized carbons (Fsp3) is 0.312. The maximum atomic E-state index is 13.0. The lowest BCUT2D eigenvalue weighted by atomic mass is 10.1. The second-order valence-electron chi connectivity index (χ2n) is 18.2. The van der Waals surface area contributed by atoms with Gasteiger partial charge < -0.3 is 0 Å². The Balaban J connectivity index is 0.000000170. The number of hydrogen-bond donors (Lipinski definition) is 3. The Kier molecular flexibility index (Phi) is 20.4. The molecule has 0 amide bonds. The number of nitrogens with zero attached hydrogens (tertiary/aromatic N) is 12. The lowest BCUT2D eigenvalue weighted by molar-refractivity contribution is 0.588. The Hall–Kier alpha value is -5.70. The Labute approximate surface area is 482 Å². The van der Waals surface area contributed by atoms with Crippen LogP contribution in [0.15, 0.2) is 145 Å². The molecule has 3 aromatic carbocycles. The molecular formula is C48H45Cl6N15O6S3. The van der Waals surface area contributed by atoms with E-state index in [1.807, 2.05) is 39.8 Å². The highest BCUT2D eigenvalue weighted by Gasteiger charge is 2.28. The van der Waals surface area contributed by atoms with E-state index in [1.54, 1.807) is 32.0 Å². The number of rotatable bonds is 15. The molecule has 3 aliphatic rings. The summed E-state index contributed by atoms with van der Waals surface area (Å²) in [5.74, 6) is -0.113. The zero-order valence-corrected chi connectivity index (χ0v) is 49.0. The Bertz CT molecular complexity index is 3750. The maximum Gasteiger partial charge on any atom is 0.267 e. The van der Waals surface area contributed by atoms with Gasteiger partial charge in [0, 0.05) is 36.0 Å². The van der Waals surface area contributed by atoms with E-state index in [0.717, 1.165) is 28.3 Å². The lowest BCUT2D eigenvalue weighted by Gasteiger charge is -2.11. The number of halogens is 6. The van der Waals surface area contributed by atoms with Crippen molar-refractivity contribution in [2.75, 3.05) is 19.6 Å². The first-order valence-electron chi connectivity index (χ1n) is 23.3. The van der Waals surface area contributed by atoms with Crippen LogP contribution < -0.4 is 16.7 Å². The fourth-order valence-electron chi connectivity index (χ4n) is 7.46. The quantitative estimate of drug-likeness (QED) is 0.0873. The van der Waals surface area contributed by atoms with E-state index in [9.17, 15) is 27.0 Å². The van der Waals surface area contributed by atoms with Crippen molar-refractivity contribution in [2.24, 2.45) is 46.3 Å². The summed E-state index contributed by atoms with van der Waals surface area (Å²) in [5.41, 5.74) is 5.41. The van der Waals surface area contributed by atoms with Crippen LogP contribution in [0.5, 0.6) is 0 Å². The van der Waals surface area contributed by atoms with Crippen molar-refractivity contribution in [3.63, 3.8) is 0 Å². The predicted octanol–water partition coefficient (Wildman–Crippen LogP) is 11.8. The van der Waals surface area contributed by atoms with E-state index in [4.69, 9.17) is 69.6 Å². The van der Waals surface area contributed by atoms with Crippen LogP contribution in [0.25, 0.3) is 0 Å². The summed E-state index contributed by atoms with van der Waals surface area (Å²) in [6.45, 7) is 12.5. The summed E-state index contributed by atoms with van der Waals surface area (Å²) in [7, 11) is -5.86. The van der Waals surface area contributed by atoms with Gasteiger partial charge in [0.25, 0.3) is 16.7 Å². The van der Waals surface area contributed by atoms with Crippen LogP contribution in [0, 0.1) is 0 Å². The monoisotopic (exact) mass is 1230 g/mol. The van der Waals surface area contributed by atoms with Gasteiger partial charge in [0.2, 0.25) is 9.84 Å². The summed E-state index contributed by atoms with van der Waals surface area (Å²) in [4.78, 5) is 36.1. The molecule has 0 fully saturated rings. The van der Waals surface area contributed by atoms with E-state index in [2.05, 4.69) is 76.9 Å². The van der Waals surface area contributed by atoms with E-state index in [-0.39, 0.29) is 68.8 Å². The molecule has 6 heterocycles. The molecule has 30 heteroatoms. The number of aromatic nitrogens is 6. The molecule has 21 nitrogen and oxygen atoms in total. The Morgan fingerprint density at radius 3 is 1.33 bits per heavy atom. The molecule has 0 radical (unpaired) electrons. The van der Waals surface area contributed by atoms with Gasteiger partial charge >= 0.3 is 0 Å². The summed E-state index contributed by atoms with van der Waals surface area (Å²) in [6, 6.07) is 14.6. The molecule has 9 rings (SSSR count). The smallest absolute Gasteiger partial charge is 0.267 e. The predicted molar refractivity (Wildman–Crippen MR) is 303 cm³/mol. The molecule has 1 atom stereocenters. The number of benzene rings is 3. The largest absolute Gasteiger partial charge is 0.268 e. The summed E-state index contributed by atoms with van der Waals surface area (Å²) >= 11 is 39.3. The molecule has 0 saturated heterocycles. The third-order valence-corrected chi connectivity index (χ3v) is 18.0. The number of nitrogens with one attached hydrogen (secondary N) is 3. The maximum absolute atomic E-state index is 13.0. The molecule has 1 unspecified atom stereocenters. The van der Waals surface area contributed by atoms with Crippen molar-refractivity contribution >= 4 is 119 Å². The molecule has 408 valence electrons. The first-order valence-corrected chi connectivity index (χ1v) is 29.1. The molecule has 0 bridgehead atoms. The van der Waals surface area contributed by atoms with Gasteiger partial charge in [-0.2, -0.15) is 30.6 Å². The molecule has 78 heavy (non-hydrogen) atoms. The van der Waals surface area contributed by atoms with E-state index < -0.39 is 26.2 Å². The highest BCUT2D eigenvalue weighted by atomic mass is 35.5. The van der Waals surface area contributed by atoms with Gasteiger partial charge in [0.1, 0.15) is 40.4 Å². The zero-order valence-electron chi connectivity index (χ0n) is 42.0. The van der Waals surface area contributed by atoms with Crippen molar-refractivity contribution in [1.29, 1.82) is 0 Å². The minimum Gasteiger partial charge on any atom is -0.268 e. The van der Waals surface area contributed by atoms with E-state index in [0.29, 0.717) is 81.1 Å². The van der Waals surface area contributed by atoms with Crippen LogP contribution in [-0.4, -0.2) is 80.0 Å². The molecule has 0 spiro atoms. The van der Waals surface area contributed by atoms with Crippen LogP contribution >= 0.6 is 81.4 Å². The van der Waals surface area contributed by atoms with Gasteiger partial charge in [-0.05, 0) is 105 Å². The van der Waals surface area contributed by atoms with Crippen LogP contribution in [0.4, 0.5) is 0 Å². The topological polar surface area (TPSA) is 300 Å². The summed E-state index contributed by atoms with van der Waals surface area (Å²) < 4.78 is 39.0. The number of H-pyrrole nitrogens is 3. The van der Waals surface area contributed by atoms with Crippen molar-refractivity contribution in [1.82, 2.24) is 30.6 Å². The first-order chi connectivity index (χ1) is 37.0. The van der Waals surface area contributed by atoms with Crippen molar-refractivity contribution in [2.45, 2.75) is 108 Å². The summed E-state index contributed by atoms with van der Waals surface area (Å²) in [6.07, 6.45) is 1.51. The second-order valence-corrected chi connectivity index (χ2v) is 24.8. The molecule has 3 N–H and O–H groups in total. The Morgan fingerprint density at radius 1 is 0.526 bits per heavy atom. The van der Waals surface area contributed by atoms with Crippen LogP contribution in [0.3, 0.4) is 0 Å². The SMILES string of the molecule is CC(C)c1cc(S(=O)(=O)c2c(Cl)cc(CC3=NN=NC3)cc2Cl)n[nH]c1=O.CC(C)c1cc(S(=O)c2c(Cl)cc(CC3=NN=NC3)cc2Cl)n[nH]c1=O.CC(C)c1cc(Sc2c(Cl)cc(CC3=NN=NC3)cc2Cl)n[nH]c1=O. The standard InChI is InChI=1S/C16H15Cl2N5O3S.C16H15Cl2N5O2S.C16H15Cl2N5OS/c1-8(2)11-6-14(21-22-16(11)24)27(25,26)15-12(17)4-9(5-13(15)18)3-10-7-19-23-20-10;1-8(2)11-6-14(21-22-16(11)24)26(25)15-12(17)4-9(5-13(15)18)3-10-7-19-23-20-10;1-8(2)11-6-14(21-22-16(11)24)25-15-12(17)4-9(5-13(15)18)3-10-7-19-23-20-10/h4-6,8H,3,7H2,1-2H3,(H,22,24);4-6,8H,3,7H2,1-2H3,(H,22,24);4-6,8H,3,7H2,1-2H3,(H,22,24). The molecule has 3 aromatic heterocycles. The number of sulfone groups is 1. The summed E-state index contributed by atoms with van der Waals surface area (Å²) in [5, 5.41) is 54.6. The zero-order chi connectivity index (χ0) is 56.6. The second kappa shape index (κ2) is 26.5. The average molecular weight is 1240 g/mol. The highest BCUT2D eigenvalue weighted by molar-refractivity contribution is 7.99. The molecule has 6 aromatic rings. The fourth-order valence-corrected chi connectivity index (χ4v) is 13.5. The van der Waals surface area contributed by atoms with Gasteiger partial charge in [-0.25, -0.2) is 27.9 Å². The van der Waals surface area contributed by atoms with Gasteiger partial charge in [0.15, 0.2) is 10.1 Å². The molecule has 0 aliphatic carbocycles. The molecule has 0 saturated carbocycles. The third-order valence-electron chi connectivity index (χ3n) is 11.3. The van der Waals surface area contributed by atoms with Crippen molar-refractivity contribution < 1.29 is 12.6 Å². The first kappa shape index (κ1) is 60.0. The van der Waals surface area contributed by atoms with Crippen LogP contribution in [0.1, 0.15) is 92.7 Å². The van der Waals surface area contributed by atoms with Crippen LogP contribution in [0.2, 0.25) is 30.1 Å². The van der Waals surface area contributed by atoms with Gasteiger partial charge in [-0.3, -0.25) is 14.4 Å². The van der Waals surface area contributed by atoms with Crippen molar-refractivity contribution in [3.8, 4) is 0 Å². The molecular weight excluding hydrogens is 1190 g/mol. The molecule has 3 aliphatic heterocycles. The van der Waals surface area contributed by atoms with Gasteiger partial charge in [-0.15, -0.1) is 15.3 Å². The minimum atomic E-state index is -4.13. The normalized spacial score (nSPS) is 14.1. The number of aromatic amines is 3. The average Bonchev–Trinajstić information content (AvgIpc) is 4.24. The van der Waals surface area contributed by atoms with Crippen molar-refractivity contribution in [3.05, 3.63) is 149 Å². The van der Waals surface area contributed by atoms with Gasteiger partial charge in [-0.1, -0.05) is 123 Å². The van der Waals surface area contributed by atoms with Crippen LogP contribution in [-0.2, 0) is 39.9 Å². The highest BCUT2D eigenvalue weighted by Crippen LogP contribution is 2.40. The minimum absolute atomic E-state index is 0.0335.